The summed E-state index contributed by atoms with van der Waals surface area (Å²) in [7, 11) is -1.87. The van der Waals surface area contributed by atoms with Crippen molar-refractivity contribution in [1.82, 2.24) is 4.72 Å². The molecule has 1 aromatic rings. The van der Waals surface area contributed by atoms with E-state index in [1.165, 1.54) is 12.1 Å². The van der Waals surface area contributed by atoms with E-state index in [1.807, 2.05) is 0 Å². The zero-order chi connectivity index (χ0) is 14.6. The van der Waals surface area contributed by atoms with Gasteiger partial charge in [0.1, 0.15) is 12.4 Å². The van der Waals surface area contributed by atoms with E-state index in [-0.39, 0.29) is 30.3 Å². The number of methoxy groups -OCH3 is 1. The molecule has 20 heavy (non-hydrogen) atoms. The molecule has 2 N–H and O–H groups in total. The van der Waals surface area contributed by atoms with Crippen molar-refractivity contribution in [3.63, 3.8) is 0 Å². The quantitative estimate of drug-likeness (QED) is 0.766. The average molecular weight is 301 g/mol. The second-order valence-corrected chi connectivity index (χ2v) is 6.40. The Bertz CT molecular complexity index is 522. The Morgan fingerprint density at radius 3 is 2.50 bits per heavy atom. The van der Waals surface area contributed by atoms with Crippen molar-refractivity contribution in [3.05, 3.63) is 24.3 Å². The lowest BCUT2D eigenvalue weighted by atomic mass is 9.90. The number of nitrogens with one attached hydrogen (secondary N) is 1. The summed E-state index contributed by atoms with van der Waals surface area (Å²) in [6, 6.07) is 6.06. The number of rotatable bonds is 7. The standard InChI is InChI=1S/C13H19NO5S/c1-18-12-8-10(9-12)14-20(16,17)13-4-2-11(3-5-13)19-7-6-15/h2-5,10,12,14-15H,6-9H2,1H3. The van der Waals surface area contributed by atoms with Gasteiger partial charge in [-0.25, -0.2) is 13.1 Å². The van der Waals surface area contributed by atoms with Crippen LogP contribution in [-0.2, 0) is 14.8 Å². The van der Waals surface area contributed by atoms with Crippen LogP contribution >= 0.6 is 0 Å². The molecule has 6 nitrogen and oxygen atoms in total. The van der Waals surface area contributed by atoms with E-state index in [4.69, 9.17) is 14.6 Å². The molecule has 0 amide bonds. The maximum atomic E-state index is 12.1. The summed E-state index contributed by atoms with van der Waals surface area (Å²) in [4.78, 5) is 0.203. The summed E-state index contributed by atoms with van der Waals surface area (Å²) in [5.74, 6) is 0.529. The van der Waals surface area contributed by atoms with Crippen LogP contribution in [0.25, 0.3) is 0 Å². The summed E-state index contributed by atoms with van der Waals surface area (Å²) in [5, 5.41) is 8.64. The number of ether oxygens (including phenoxy) is 2. The Labute approximate surface area is 118 Å². The fourth-order valence-corrected chi connectivity index (χ4v) is 3.28. The minimum absolute atomic E-state index is 0.0599. The highest BCUT2D eigenvalue weighted by atomic mass is 32.2. The average Bonchev–Trinajstić information content (AvgIpc) is 2.40. The van der Waals surface area contributed by atoms with Crippen LogP contribution in [0.2, 0.25) is 0 Å². The van der Waals surface area contributed by atoms with E-state index in [0.717, 1.165) is 0 Å². The highest BCUT2D eigenvalue weighted by molar-refractivity contribution is 7.89. The minimum atomic E-state index is -3.50. The van der Waals surface area contributed by atoms with Gasteiger partial charge < -0.3 is 14.6 Å². The molecule has 0 saturated heterocycles. The van der Waals surface area contributed by atoms with Gasteiger partial charge >= 0.3 is 0 Å². The molecule has 0 bridgehead atoms. The summed E-state index contributed by atoms with van der Waals surface area (Å²) < 4.78 is 37.2. The van der Waals surface area contributed by atoms with Crippen molar-refractivity contribution < 1.29 is 23.0 Å². The molecule has 0 aromatic heterocycles. The van der Waals surface area contributed by atoms with Crippen molar-refractivity contribution in [3.8, 4) is 5.75 Å². The molecule has 1 aliphatic rings. The number of aliphatic hydroxyl groups excluding tert-OH is 1. The predicted molar refractivity (Wildman–Crippen MR) is 73.2 cm³/mol. The Morgan fingerprint density at radius 1 is 1.30 bits per heavy atom. The van der Waals surface area contributed by atoms with Crippen LogP contribution in [0, 0.1) is 0 Å². The minimum Gasteiger partial charge on any atom is -0.491 e. The van der Waals surface area contributed by atoms with Crippen molar-refractivity contribution >= 4 is 10.0 Å². The molecule has 0 atom stereocenters. The fourth-order valence-electron chi connectivity index (χ4n) is 2.02. The number of aliphatic hydroxyl groups is 1. The molecule has 0 heterocycles. The third-order valence-electron chi connectivity index (χ3n) is 3.24. The zero-order valence-corrected chi connectivity index (χ0v) is 12.1. The van der Waals surface area contributed by atoms with Gasteiger partial charge in [0.05, 0.1) is 17.6 Å². The van der Waals surface area contributed by atoms with Crippen LogP contribution in [-0.4, -0.2) is 46.0 Å². The third kappa shape index (κ3) is 3.69. The predicted octanol–water partition coefficient (Wildman–Crippen LogP) is 0.513. The largest absolute Gasteiger partial charge is 0.491 e. The second kappa shape index (κ2) is 6.53. The SMILES string of the molecule is COC1CC(NS(=O)(=O)c2ccc(OCCO)cc2)C1. The Balaban J connectivity index is 1.95. The molecule has 112 valence electrons. The number of hydrogen-bond acceptors (Lipinski definition) is 5. The Kier molecular flexibility index (Phi) is 4.98. The Hall–Kier alpha value is -1.15. The van der Waals surface area contributed by atoms with Gasteiger partial charge in [0.15, 0.2) is 0 Å². The normalized spacial score (nSPS) is 22.3. The maximum absolute atomic E-state index is 12.1. The maximum Gasteiger partial charge on any atom is 0.240 e. The molecule has 1 fully saturated rings. The first-order valence-electron chi connectivity index (χ1n) is 6.44. The lowest BCUT2D eigenvalue weighted by Crippen LogP contribution is -2.47. The summed E-state index contributed by atoms with van der Waals surface area (Å²) in [5.41, 5.74) is 0. The molecule has 0 aliphatic heterocycles. The van der Waals surface area contributed by atoms with E-state index < -0.39 is 10.0 Å². The number of benzene rings is 1. The van der Waals surface area contributed by atoms with Crippen molar-refractivity contribution in [2.24, 2.45) is 0 Å². The molecule has 0 unspecified atom stereocenters. The molecule has 1 aromatic carbocycles. The molecule has 1 saturated carbocycles. The molecule has 0 spiro atoms. The fraction of sp³-hybridized carbons (Fsp3) is 0.538. The van der Waals surface area contributed by atoms with Gasteiger partial charge in [-0.15, -0.1) is 0 Å². The van der Waals surface area contributed by atoms with E-state index in [9.17, 15) is 8.42 Å². The van der Waals surface area contributed by atoms with Crippen LogP contribution in [0.15, 0.2) is 29.2 Å². The molecular formula is C13H19NO5S. The number of sulfonamides is 1. The van der Waals surface area contributed by atoms with E-state index in [2.05, 4.69) is 4.72 Å². The second-order valence-electron chi connectivity index (χ2n) is 4.69. The molecule has 0 radical (unpaired) electrons. The first-order valence-corrected chi connectivity index (χ1v) is 7.92. The van der Waals surface area contributed by atoms with Crippen LogP contribution in [0.1, 0.15) is 12.8 Å². The smallest absolute Gasteiger partial charge is 0.240 e. The number of hydrogen-bond donors (Lipinski definition) is 2. The van der Waals surface area contributed by atoms with Gasteiger partial charge in [-0.1, -0.05) is 0 Å². The Morgan fingerprint density at radius 2 is 1.95 bits per heavy atom. The first kappa shape index (κ1) is 15.2. The van der Waals surface area contributed by atoms with Crippen molar-refractivity contribution in [2.45, 2.75) is 29.9 Å². The molecule has 1 aliphatic carbocycles. The zero-order valence-electron chi connectivity index (χ0n) is 11.3. The van der Waals surface area contributed by atoms with Crippen LogP contribution in [0.4, 0.5) is 0 Å². The van der Waals surface area contributed by atoms with Gasteiger partial charge in [0.2, 0.25) is 10.0 Å². The molecule has 2 rings (SSSR count). The monoisotopic (exact) mass is 301 g/mol. The lowest BCUT2D eigenvalue weighted by Gasteiger charge is -2.34. The van der Waals surface area contributed by atoms with Gasteiger partial charge in [-0.3, -0.25) is 0 Å². The third-order valence-corrected chi connectivity index (χ3v) is 4.78. The highest BCUT2D eigenvalue weighted by Crippen LogP contribution is 2.25. The van der Waals surface area contributed by atoms with Gasteiger partial charge in [-0.2, -0.15) is 0 Å². The van der Waals surface area contributed by atoms with Gasteiger partial charge in [0, 0.05) is 13.2 Å². The van der Waals surface area contributed by atoms with Crippen molar-refractivity contribution in [2.75, 3.05) is 20.3 Å². The summed E-state index contributed by atoms with van der Waals surface area (Å²) in [6.45, 7) is 0.106. The summed E-state index contributed by atoms with van der Waals surface area (Å²) >= 11 is 0. The lowest BCUT2D eigenvalue weighted by molar-refractivity contribution is 0.0236. The van der Waals surface area contributed by atoms with Gasteiger partial charge in [-0.05, 0) is 37.1 Å². The van der Waals surface area contributed by atoms with Crippen molar-refractivity contribution in [1.29, 1.82) is 0 Å². The first-order chi connectivity index (χ1) is 9.55. The topological polar surface area (TPSA) is 84.9 Å². The summed E-state index contributed by atoms with van der Waals surface area (Å²) in [6.07, 6.45) is 1.55. The molecule has 7 heteroatoms. The van der Waals surface area contributed by atoms with Crippen LogP contribution in [0.3, 0.4) is 0 Å². The van der Waals surface area contributed by atoms with Crippen LogP contribution < -0.4 is 9.46 Å². The van der Waals surface area contributed by atoms with E-state index in [1.54, 1.807) is 19.2 Å². The molecular weight excluding hydrogens is 282 g/mol. The highest BCUT2D eigenvalue weighted by Gasteiger charge is 2.32. The van der Waals surface area contributed by atoms with Crippen LogP contribution in [0.5, 0.6) is 5.75 Å². The van der Waals surface area contributed by atoms with E-state index >= 15 is 0 Å². The van der Waals surface area contributed by atoms with E-state index in [0.29, 0.717) is 18.6 Å². The van der Waals surface area contributed by atoms with Gasteiger partial charge in [0.25, 0.3) is 0 Å².